The molecule has 1 atom stereocenters. The zero-order chi connectivity index (χ0) is 12.2. The Morgan fingerprint density at radius 3 is 2.94 bits per heavy atom. The highest BCUT2D eigenvalue weighted by Crippen LogP contribution is 2.31. The zero-order valence-corrected chi connectivity index (χ0v) is 9.07. The molecule has 0 N–H and O–H groups in total. The topological polar surface area (TPSA) is 69.1 Å². The number of alkyl halides is 2. The fraction of sp³-hybridized carbons (Fsp3) is 0.889. The summed E-state index contributed by atoms with van der Waals surface area (Å²) in [5, 5.41) is 3.14. The third-order valence-corrected chi connectivity index (χ3v) is 2.76. The number of halogens is 2. The van der Waals surface area contributed by atoms with Gasteiger partial charge in [0.25, 0.3) is 0 Å². The molecule has 0 radical (unpaired) electrons. The normalized spacial score (nSPS) is 21.4. The van der Waals surface area contributed by atoms with Crippen LogP contribution in [0.25, 0.3) is 10.4 Å². The average molecular weight is 232 g/mol. The summed E-state index contributed by atoms with van der Waals surface area (Å²) in [6.07, 6.45) is 0.991. The first-order valence-electron chi connectivity index (χ1n) is 5.11. The standard InChI is InChI=1S/C9H14F2N4O/c1-9(10,11)7-3-2-4-15(6-7)8(16)5-13-14-12/h7H,2-6H2,1H3. The first-order chi connectivity index (χ1) is 7.45. The van der Waals surface area contributed by atoms with Crippen molar-refractivity contribution >= 4 is 5.91 Å². The Labute approximate surface area is 92.0 Å². The van der Waals surface area contributed by atoms with Crippen molar-refractivity contribution < 1.29 is 13.6 Å². The summed E-state index contributed by atoms with van der Waals surface area (Å²) in [5.41, 5.74) is 8.06. The molecule has 0 spiro atoms. The lowest BCUT2D eigenvalue weighted by molar-refractivity contribution is -0.135. The van der Waals surface area contributed by atoms with Gasteiger partial charge in [-0.1, -0.05) is 5.11 Å². The minimum atomic E-state index is -2.77. The summed E-state index contributed by atoms with van der Waals surface area (Å²) < 4.78 is 26.2. The lowest BCUT2D eigenvalue weighted by Crippen LogP contribution is -2.45. The minimum absolute atomic E-state index is 0.0449. The van der Waals surface area contributed by atoms with E-state index in [0.29, 0.717) is 19.4 Å². The largest absolute Gasteiger partial charge is 0.342 e. The molecule has 0 aromatic rings. The molecule has 1 fully saturated rings. The van der Waals surface area contributed by atoms with Crippen LogP contribution in [0.5, 0.6) is 0 Å². The van der Waals surface area contributed by atoms with Crippen LogP contribution in [0.2, 0.25) is 0 Å². The Kier molecular flexibility index (Phi) is 4.06. The lowest BCUT2D eigenvalue weighted by atomic mass is 9.92. The van der Waals surface area contributed by atoms with Gasteiger partial charge in [-0.25, -0.2) is 8.78 Å². The van der Waals surface area contributed by atoms with Crippen molar-refractivity contribution in [1.82, 2.24) is 4.90 Å². The lowest BCUT2D eigenvalue weighted by Gasteiger charge is -2.35. The Morgan fingerprint density at radius 2 is 2.38 bits per heavy atom. The van der Waals surface area contributed by atoms with Crippen LogP contribution in [0.1, 0.15) is 19.8 Å². The molecule has 0 bridgehead atoms. The van der Waals surface area contributed by atoms with Crippen LogP contribution >= 0.6 is 0 Å². The number of hydrogen-bond acceptors (Lipinski definition) is 2. The number of hydrogen-bond donors (Lipinski definition) is 0. The van der Waals surface area contributed by atoms with Crippen molar-refractivity contribution in [1.29, 1.82) is 0 Å². The number of nitrogens with zero attached hydrogens (tertiary/aromatic N) is 4. The van der Waals surface area contributed by atoms with Gasteiger partial charge in [0.15, 0.2) is 0 Å². The van der Waals surface area contributed by atoms with Gasteiger partial charge in [-0.15, -0.1) is 0 Å². The fourth-order valence-electron chi connectivity index (χ4n) is 1.81. The highest BCUT2D eigenvalue weighted by atomic mass is 19.3. The molecule has 16 heavy (non-hydrogen) atoms. The summed E-state index contributed by atoms with van der Waals surface area (Å²) in [5.74, 6) is -3.94. The molecule has 5 nitrogen and oxygen atoms in total. The number of azide groups is 1. The van der Waals surface area contributed by atoms with Crippen molar-refractivity contribution in [3.8, 4) is 0 Å². The average Bonchev–Trinajstić information content (AvgIpc) is 2.25. The van der Waals surface area contributed by atoms with E-state index in [2.05, 4.69) is 10.0 Å². The summed E-state index contributed by atoms with van der Waals surface area (Å²) in [4.78, 5) is 15.3. The van der Waals surface area contributed by atoms with Crippen LogP contribution in [-0.2, 0) is 4.79 Å². The maximum atomic E-state index is 13.1. The van der Waals surface area contributed by atoms with Crippen molar-refractivity contribution in [3.63, 3.8) is 0 Å². The number of carbonyl (C=O) groups excluding carboxylic acids is 1. The molecule has 1 heterocycles. The van der Waals surface area contributed by atoms with Gasteiger partial charge in [0.05, 0.1) is 0 Å². The first-order valence-corrected chi connectivity index (χ1v) is 5.11. The van der Waals surface area contributed by atoms with E-state index in [1.165, 1.54) is 4.90 Å². The molecule has 0 aromatic heterocycles. The van der Waals surface area contributed by atoms with E-state index in [4.69, 9.17) is 5.53 Å². The van der Waals surface area contributed by atoms with Crippen molar-refractivity contribution in [2.75, 3.05) is 19.6 Å². The Morgan fingerprint density at radius 1 is 1.69 bits per heavy atom. The molecule has 1 saturated heterocycles. The molecule has 0 aliphatic carbocycles. The highest BCUT2D eigenvalue weighted by Gasteiger charge is 2.37. The molecule has 90 valence electrons. The number of rotatable bonds is 3. The Balaban J connectivity index is 2.56. The second kappa shape index (κ2) is 5.12. The van der Waals surface area contributed by atoms with Crippen LogP contribution in [0.3, 0.4) is 0 Å². The number of carbonyl (C=O) groups is 1. The van der Waals surface area contributed by atoms with Crippen LogP contribution < -0.4 is 0 Å². The van der Waals surface area contributed by atoms with Gasteiger partial charge < -0.3 is 4.90 Å². The second-order valence-electron chi connectivity index (χ2n) is 4.02. The van der Waals surface area contributed by atoms with E-state index in [-0.39, 0.29) is 19.0 Å². The van der Waals surface area contributed by atoms with Gasteiger partial charge in [-0.2, -0.15) is 0 Å². The molecule has 1 aliphatic heterocycles. The van der Waals surface area contributed by atoms with Gasteiger partial charge in [-0.3, -0.25) is 4.79 Å². The van der Waals surface area contributed by atoms with Crippen LogP contribution in [0.4, 0.5) is 8.78 Å². The molecular formula is C9H14F2N4O. The van der Waals surface area contributed by atoms with E-state index >= 15 is 0 Å². The van der Waals surface area contributed by atoms with Crippen LogP contribution in [-0.4, -0.2) is 36.4 Å². The van der Waals surface area contributed by atoms with Crippen LogP contribution in [0.15, 0.2) is 5.11 Å². The third-order valence-electron chi connectivity index (χ3n) is 2.76. The predicted molar refractivity (Wildman–Crippen MR) is 53.9 cm³/mol. The van der Waals surface area contributed by atoms with E-state index in [1.807, 2.05) is 0 Å². The van der Waals surface area contributed by atoms with Gasteiger partial charge in [0.1, 0.15) is 6.54 Å². The SMILES string of the molecule is CC(F)(F)C1CCCN(C(=O)CN=[N+]=[N-])C1. The van der Waals surface area contributed by atoms with Crippen LogP contribution in [0, 0.1) is 5.92 Å². The predicted octanol–water partition coefficient (Wildman–Crippen LogP) is 2.19. The monoisotopic (exact) mass is 232 g/mol. The van der Waals surface area contributed by atoms with E-state index < -0.39 is 11.8 Å². The van der Waals surface area contributed by atoms with E-state index in [9.17, 15) is 13.6 Å². The molecule has 0 aromatic carbocycles. The van der Waals surface area contributed by atoms with E-state index in [1.54, 1.807) is 0 Å². The van der Waals surface area contributed by atoms with Gasteiger partial charge in [-0.05, 0) is 25.3 Å². The first kappa shape index (κ1) is 12.7. The summed E-state index contributed by atoms with van der Waals surface area (Å²) in [6.45, 7) is 1.09. The molecule has 1 amide bonds. The third kappa shape index (κ3) is 3.34. The highest BCUT2D eigenvalue weighted by molar-refractivity contribution is 5.78. The van der Waals surface area contributed by atoms with Crippen molar-refractivity contribution in [3.05, 3.63) is 10.4 Å². The Hall–Kier alpha value is -1.36. The zero-order valence-electron chi connectivity index (χ0n) is 9.07. The minimum Gasteiger partial charge on any atom is -0.342 e. The van der Waals surface area contributed by atoms with Crippen molar-refractivity contribution in [2.24, 2.45) is 11.0 Å². The Bertz CT molecular complexity index is 309. The number of likely N-dealkylation sites (tertiary alicyclic amines) is 1. The van der Waals surface area contributed by atoms with E-state index in [0.717, 1.165) is 6.92 Å². The second-order valence-corrected chi connectivity index (χ2v) is 4.02. The van der Waals surface area contributed by atoms with Gasteiger partial charge in [0.2, 0.25) is 11.8 Å². The maximum absolute atomic E-state index is 13.1. The summed E-state index contributed by atoms with van der Waals surface area (Å²) in [7, 11) is 0. The summed E-state index contributed by atoms with van der Waals surface area (Å²) >= 11 is 0. The molecule has 7 heteroatoms. The molecule has 1 unspecified atom stereocenters. The fourth-order valence-corrected chi connectivity index (χ4v) is 1.81. The molecule has 1 aliphatic rings. The van der Waals surface area contributed by atoms with Crippen molar-refractivity contribution in [2.45, 2.75) is 25.7 Å². The molecular weight excluding hydrogens is 218 g/mol. The summed E-state index contributed by atoms with van der Waals surface area (Å²) in [6, 6.07) is 0. The molecule has 0 saturated carbocycles. The van der Waals surface area contributed by atoms with Gasteiger partial charge >= 0.3 is 0 Å². The number of piperidine rings is 1. The quantitative estimate of drug-likeness (QED) is 0.417. The number of amides is 1. The maximum Gasteiger partial charge on any atom is 0.249 e. The van der Waals surface area contributed by atoms with Gasteiger partial charge in [0, 0.05) is 23.9 Å². The smallest absolute Gasteiger partial charge is 0.249 e. The molecule has 1 rings (SSSR count).